The number of aryl methyl sites for hydroxylation is 2. The molecule has 5 heteroatoms. The van der Waals surface area contributed by atoms with Gasteiger partial charge in [-0.3, -0.25) is 0 Å². The Morgan fingerprint density at radius 2 is 1.92 bits per heavy atom. The van der Waals surface area contributed by atoms with E-state index in [9.17, 15) is 8.42 Å². The first kappa shape index (κ1) is 9.15. The van der Waals surface area contributed by atoms with E-state index >= 15 is 0 Å². The molecule has 0 aliphatic rings. The summed E-state index contributed by atoms with van der Waals surface area (Å²) in [5.74, 6) is 0. The van der Waals surface area contributed by atoms with E-state index in [-0.39, 0.29) is 5.03 Å². The summed E-state index contributed by atoms with van der Waals surface area (Å²) in [5, 5.41) is 4.81. The normalized spacial score (nSPS) is 11.6. The molecule has 66 valence electrons. The minimum atomic E-state index is -3.65. The Hall–Kier alpha value is -0.940. The summed E-state index contributed by atoms with van der Waals surface area (Å²) in [6, 6.07) is 3.08. The van der Waals surface area contributed by atoms with Crippen molar-refractivity contribution in [3.05, 3.63) is 23.4 Å². The van der Waals surface area contributed by atoms with Gasteiger partial charge in [0.1, 0.15) is 0 Å². The van der Waals surface area contributed by atoms with Crippen LogP contribution in [0.1, 0.15) is 11.3 Å². The maximum absolute atomic E-state index is 10.8. The van der Waals surface area contributed by atoms with Crippen LogP contribution in [0.4, 0.5) is 0 Å². The van der Waals surface area contributed by atoms with Gasteiger partial charge in [0, 0.05) is 5.69 Å². The molecule has 1 heterocycles. The largest absolute Gasteiger partial charge is 0.255 e. The van der Waals surface area contributed by atoms with Crippen molar-refractivity contribution in [3.63, 3.8) is 0 Å². The zero-order valence-corrected chi connectivity index (χ0v) is 7.72. The molecule has 0 unspecified atom stereocenters. The maximum Gasteiger partial charge on any atom is 0.255 e. The number of pyridine rings is 1. The summed E-state index contributed by atoms with van der Waals surface area (Å²) in [7, 11) is -3.65. The smallest absolute Gasteiger partial charge is 0.240 e. The molecule has 0 aliphatic heterocycles. The van der Waals surface area contributed by atoms with Crippen LogP contribution >= 0.6 is 0 Å². The molecule has 0 radical (unpaired) electrons. The molecule has 4 nitrogen and oxygen atoms in total. The van der Waals surface area contributed by atoms with E-state index < -0.39 is 10.0 Å². The fraction of sp³-hybridized carbons (Fsp3) is 0.286. The van der Waals surface area contributed by atoms with E-state index in [0.717, 1.165) is 5.56 Å². The van der Waals surface area contributed by atoms with Crippen molar-refractivity contribution in [1.29, 1.82) is 0 Å². The van der Waals surface area contributed by atoms with Gasteiger partial charge in [-0.15, -0.1) is 0 Å². The van der Waals surface area contributed by atoms with Crippen molar-refractivity contribution < 1.29 is 8.42 Å². The second-order valence-corrected chi connectivity index (χ2v) is 4.11. The standard InChI is InChI=1S/C7H10N2O2S/c1-5-3-4-7(9-6(5)2)12(8,10)11/h3-4H,1-2H3,(H2,8,10,11). The SMILES string of the molecule is Cc1ccc(S(N)(=O)=O)nc1C. The predicted octanol–water partition coefficient (Wildman–Crippen LogP) is 0.346. The summed E-state index contributed by atoms with van der Waals surface area (Å²) in [6.45, 7) is 3.60. The molecule has 0 fully saturated rings. The molecule has 1 aromatic rings. The molecule has 0 saturated heterocycles. The zero-order chi connectivity index (χ0) is 9.35. The van der Waals surface area contributed by atoms with E-state index in [1.165, 1.54) is 6.07 Å². The predicted molar refractivity (Wildman–Crippen MR) is 45.1 cm³/mol. The fourth-order valence-corrected chi connectivity index (χ4v) is 1.29. The Morgan fingerprint density at radius 1 is 1.33 bits per heavy atom. The van der Waals surface area contributed by atoms with Crippen molar-refractivity contribution >= 4 is 10.0 Å². The van der Waals surface area contributed by atoms with Crippen molar-refractivity contribution in [2.75, 3.05) is 0 Å². The summed E-state index contributed by atoms with van der Waals surface area (Å²) < 4.78 is 21.6. The molecule has 1 aromatic heterocycles. The second-order valence-electron chi connectivity index (χ2n) is 2.60. The molecule has 0 amide bonds. The molecular formula is C7H10N2O2S. The lowest BCUT2D eigenvalue weighted by atomic mass is 10.2. The van der Waals surface area contributed by atoms with E-state index in [2.05, 4.69) is 4.98 Å². The lowest BCUT2D eigenvalue weighted by molar-refractivity contribution is 0.593. The highest BCUT2D eigenvalue weighted by Crippen LogP contribution is 2.07. The molecule has 0 spiro atoms. The van der Waals surface area contributed by atoms with Crippen molar-refractivity contribution in [1.82, 2.24) is 4.98 Å². The Balaban J connectivity index is 3.33. The van der Waals surface area contributed by atoms with Crippen LogP contribution in [0.3, 0.4) is 0 Å². The first-order valence-electron chi connectivity index (χ1n) is 3.38. The third kappa shape index (κ3) is 1.80. The maximum atomic E-state index is 10.8. The summed E-state index contributed by atoms with van der Waals surface area (Å²) >= 11 is 0. The number of aromatic nitrogens is 1. The van der Waals surface area contributed by atoms with Gasteiger partial charge in [-0.1, -0.05) is 6.07 Å². The lowest BCUT2D eigenvalue weighted by Gasteiger charge is -2.00. The van der Waals surface area contributed by atoms with E-state index in [4.69, 9.17) is 5.14 Å². The average Bonchev–Trinajstić information content (AvgIpc) is 1.92. The molecule has 2 N–H and O–H groups in total. The van der Waals surface area contributed by atoms with Crippen molar-refractivity contribution in [2.24, 2.45) is 5.14 Å². The van der Waals surface area contributed by atoms with Gasteiger partial charge in [0.15, 0.2) is 5.03 Å². The van der Waals surface area contributed by atoms with E-state index in [0.29, 0.717) is 5.69 Å². The fourth-order valence-electron chi connectivity index (χ4n) is 0.766. The van der Waals surface area contributed by atoms with Crippen LogP contribution in [0.2, 0.25) is 0 Å². The first-order chi connectivity index (χ1) is 5.41. The second kappa shape index (κ2) is 2.84. The number of sulfonamides is 1. The Bertz CT molecular complexity index is 398. The van der Waals surface area contributed by atoms with Crippen molar-refractivity contribution in [2.45, 2.75) is 18.9 Å². The Morgan fingerprint density at radius 3 is 2.33 bits per heavy atom. The number of nitrogens with zero attached hydrogens (tertiary/aromatic N) is 1. The zero-order valence-electron chi connectivity index (χ0n) is 6.90. The molecule has 0 aliphatic carbocycles. The van der Waals surface area contributed by atoms with Gasteiger partial charge in [-0.2, -0.15) is 0 Å². The highest BCUT2D eigenvalue weighted by Gasteiger charge is 2.09. The topological polar surface area (TPSA) is 73.1 Å². The minimum Gasteiger partial charge on any atom is -0.240 e. The van der Waals surface area contributed by atoms with Gasteiger partial charge in [0.2, 0.25) is 0 Å². The minimum absolute atomic E-state index is 0.0781. The molecule has 0 atom stereocenters. The van der Waals surface area contributed by atoms with Crippen LogP contribution in [0.15, 0.2) is 17.2 Å². The molecular weight excluding hydrogens is 176 g/mol. The molecule has 0 aromatic carbocycles. The lowest BCUT2D eigenvalue weighted by Crippen LogP contribution is -2.14. The highest BCUT2D eigenvalue weighted by atomic mass is 32.2. The van der Waals surface area contributed by atoms with Crippen LogP contribution in [0, 0.1) is 13.8 Å². The molecule has 1 rings (SSSR count). The van der Waals surface area contributed by atoms with Gasteiger partial charge < -0.3 is 0 Å². The summed E-state index contributed by atoms with van der Waals surface area (Å²) in [6.07, 6.45) is 0. The number of hydrogen-bond acceptors (Lipinski definition) is 3. The molecule has 12 heavy (non-hydrogen) atoms. The summed E-state index contributed by atoms with van der Waals surface area (Å²) in [4.78, 5) is 3.83. The third-order valence-corrected chi connectivity index (χ3v) is 2.43. The van der Waals surface area contributed by atoms with Crippen LogP contribution in [0.25, 0.3) is 0 Å². The van der Waals surface area contributed by atoms with Crippen LogP contribution in [-0.4, -0.2) is 13.4 Å². The number of primary sulfonamides is 1. The average molecular weight is 186 g/mol. The van der Waals surface area contributed by atoms with Gasteiger partial charge in [-0.05, 0) is 25.5 Å². The monoisotopic (exact) mass is 186 g/mol. The Kier molecular flexibility index (Phi) is 2.16. The van der Waals surface area contributed by atoms with Gasteiger partial charge in [0.25, 0.3) is 10.0 Å². The van der Waals surface area contributed by atoms with Crippen molar-refractivity contribution in [3.8, 4) is 0 Å². The molecule has 0 saturated carbocycles. The van der Waals surface area contributed by atoms with Gasteiger partial charge in [0.05, 0.1) is 0 Å². The quantitative estimate of drug-likeness (QED) is 0.687. The first-order valence-corrected chi connectivity index (χ1v) is 4.93. The number of nitrogens with two attached hydrogens (primary N) is 1. The van der Waals surface area contributed by atoms with Crippen LogP contribution < -0.4 is 5.14 Å². The Labute approximate surface area is 71.5 Å². The van der Waals surface area contributed by atoms with Gasteiger partial charge >= 0.3 is 0 Å². The van der Waals surface area contributed by atoms with Gasteiger partial charge in [-0.25, -0.2) is 18.5 Å². The van der Waals surface area contributed by atoms with Crippen LogP contribution in [0.5, 0.6) is 0 Å². The van der Waals surface area contributed by atoms with E-state index in [1.54, 1.807) is 13.0 Å². The number of hydrogen-bond donors (Lipinski definition) is 1. The molecule has 0 bridgehead atoms. The highest BCUT2D eigenvalue weighted by molar-refractivity contribution is 7.89. The van der Waals surface area contributed by atoms with E-state index in [1.807, 2.05) is 6.92 Å². The summed E-state index contributed by atoms with van der Waals surface area (Å²) in [5.41, 5.74) is 1.63. The van der Waals surface area contributed by atoms with Crippen LogP contribution in [-0.2, 0) is 10.0 Å². The number of rotatable bonds is 1. The third-order valence-electron chi connectivity index (χ3n) is 1.62.